The number of anilines is 1. The summed E-state index contributed by atoms with van der Waals surface area (Å²) in [5.41, 5.74) is 0.513. The molecule has 27 heavy (non-hydrogen) atoms. The van der Waals surface area contributed by atoms with Crippen LogP contribution in [0.4, 0.5) is 10.7 Å². The largest absolute Gasteiger partial charge is 0.497 e. The molecule has 1 aliphatic rings. The van der Waals surface area contributed by atoms with Gasteiger partial charge >= 0.3 is 6.03 Å². The molecule has 1 atom stereocenters. The standard InChI is InChI=1S/C19H21ClN4O3/c1-3-5-15-11-24(18-21-9-14(20)10-22-18)19(26)23(15)12-17(25)13-6-4-7-16(8-13)27-2/h4,6-10,15H,3,5,11-12H2,1-2H3/t15-/m0/s1. The second kappa shape index (κ2) is 8.35. The predicted molar refractivity (Wildman–Crippen MR) is 103 cm³/mol. The minimum Gasteiger partial charge on any atom is -0.497 e. The third-order valence-electron chi connectivity index (χ3n) is 4.49. The molecule has 2 amide bonds. The Hall–Kier alpha value is -2.67. The molecule has 0 bridgehead atoms. The van der Waals surface area contributed by atoms with Crippen LogP contribution in [0.2, 0.25) is 5.02 Å². The van der Waals surface area contributed by atoms with Gasteiger partial charge in [-0.05, 0) is 18.6 Å². The lowest BCUT2D eigenvalue weighted by Crippen LogP contribution is -2.39. The number of ether oxygens (including phenoxy) is 1. The number of halogens is 1. The Morgan fingerprint density at radius 3 is 2.74 bits per heavy atom. The highest BCUT2D eigenvalue weighted by atomic mass is 35.5. The number of ketones is 1. The zero-order valence-electron chi connectivity index (χ0n) is 15.3. The predicted octanol–water partition coefficient (Wildman–Crippen LogP) is 3.43. The van der Waals surface area contributed by atoms with Crippen molar-refractivity contribution in [2.45, 2.75) is 25.8 Å². The van der Waals surface area contributed by atoms with Crippen LogP contribution < -0.4 is 9.64 Å². The van der Waals surface area contributed by atoms with Crippen LogP contribution in [0.1, 0.15) is 30.1 Å². The summed E-state index contributed by atoms with van der Waals surface area (Å²) in [5, 5.41) is 0.403. The van der Waals surface area contributed by atoms with Crippen LogP contribution in [0.25, 0.3) is 0 Å². The van der Waals surface area contributed by atoms with Gasteiger partial charge < -0.3 is 9.64 Å². The number of rotatable bonds is 7. The summed E-state index contributed by atoms with van der Waals surface area (Å²) < 4.78 is 5.17. The Bertz CT molecular complexity index is 828. The smallest absolute Gasteiger partial charge is 0.327 e. The van der Waals surface area contributed by atoms with E-state index in [2.05, 4.69) is 9.97 Å². The van der Waals surface area contributed by atoms with Crippen LogP contribution in [0.3, 0.4) is 0 Å². The fourth-order valence-corrected chi connectivity index (χ4v) is 3.23. The minimum atomic E-state index is -0.271. The van der Waals surface area contributed by atoms with Crippen molar-refractivity contribution < 1.29 is 14.3 Å². The Labute approximate surface area is 162 Å². The Morgan fingerprint density at radius 2 is 2.07 bits per heavy atom. The molecule has 0 aliphatic carbocycles. The molecule has 3 rings (SSSR count). The van der Waals surface area contributed by atoms with E-state index >= 15 is 0 Å². The van der Waals surface area contributed by atoms with Crippen LogP contribution in [0, 0.1) is 0 Å². The molecule has 142 valence electrons. The number of Topliss-reactive ketones (excluding diaryl/α,β-unsaturated/α-hetero) is 1. The van der Waals surface area contributed by atoms with Gasteiger partial charge in [-0.15, -0.1) is 0 Å². The van der Waals surface area contributed by atoms with Gasteiger partial charge in [0.05, 0.1) is 43.7 Å². The molecule has 8 heteroatoms. The molecule has 1 aromatic carbocycles. The van der Waals surface area contributed by atoms with Gasteiger partial charge in [-0.25, -0.2) is 14.8 Å². The van der Waals surface area contributed by atoms with Crippen LogP contribution in [0.15, 0.2) is 36.7 Å². The number of amides is 2. The number of carbonyl (C=O) groups is 2. The van der Waals surface area contributed by atoms with Crippen molar-refractivity contribution in [1.82, 2.24) is 14.9 Å². The average molecular weight is 389 g/mol. The number of methoxy groups -OCH3 is 1. The molecule has 7 nitrogen and oxygen atoms in total. The molecule has 1 aliphatic heterocycles. The van der Waals surface area contributed by atoms with Crippen LogP contribution >= 0.6 is 11.6 Å². The monoisotopic (exact) mass is 388 g/mol. The van der Waals surface area contributed by atoms with Gasteiger partial charge in [0, 0.05) is 5.56 Å². The summed E-state index contributed by atoms with van der Waals surface area (Å²) in [4.78, 5) is 37.0. The summed E-state index contributed by atoms with van der Waals surface area (Å²) in [6.45, 7) is 2.49. The Kier molecular flexibility index (Phi) is 5.91. The molecule has 2 heterocycles. The number of urea groups is 1. The first-order valence-electron chi connectivity index (χ1n) is 8.76. The van der Waals surface area contributed by atoms with Crippen LogP contribution in [-0.2, 0) is 0 Å². The second-order valence-corrected chi connectivity index (χ2v) is 6.76. The number of carbonyl (C=O) groups excluding carboxylic acids is 2. The number of hydrogen-bond donors (Lipinski definition) is 0. The third-order valence-corrected chi connectivity index (χ3v) is 4.68. The van der Waals surface area contributed by atoms with Crippen molar-refractivity contribution >= 4 is 29.4 Å². The number of aromatic nitrogens is 2. The Morgan fingerprint density at radius 1 is 1.33 bits per heavy atom. The number of benzene rings is 1. The molecule has 1 saturated heterocycles. The summed E-state index contributed by atoms with van der Waals surface area (Å²) in [7, 11) is 1.55. The molecule has 1 aromatic heterocycles. The van der Waals surface area contributed by atoms with Gasteiger partial charge in [0.2, 0.25) is 5.95 Å². The van der Waals surface area contributed by atoms with E-state index in [0.29, 0.717) is 28.8 Å². The maximum absolute atomic E-state index is 12.9. The van der Waals surface area contributed by atoms with Gasteiger partial charge in [-0.2, -0.15) is 0 Å². The zero-order valence-corrected chi connectivity index (χ0v) is 16.0. The fraction of sp³-hybridized carbons (Fsp3) is 0.368. The van der Waals surface area contributed by atoms with Gasteiger partial charge in [0.15, 0.2) is 5.78 Å². The van der Waals surface area contributed by atoms with E-state index in [0.717, 1.165) is 12.8 Å². The van der Waals surface area contributed by atoms with E-state index in [9.17, 15) is 9.59 Å². The van der Waals surface area contributed by atoms with Crippen molar-refractivity contribution in [3.63, 3.8) is 0 Å². The maximum Gasteiger partial charge on any atom is 0.327 e. The van der Waals surface area contributed by atoms with E-state index in [1.807, 2.05) is 6.92 Å². The summed E-state index contributed by atoms with van der Waals surface area (Å²) in [5.74, 6) is 0.763. The normalized spacial score (nSPS) is 16.7. The first-order valence-corrected chi connectivity index (χ1v) is 9.14. The van der Waals surface area contributed by atoms with E-state index in [-0.39, 0.29) is 24.4 Å². The quantitative estimate of drug-likeness (QED) is 0.679. The lowest BCUT2D eigenvalue weighted by atomic mass is 10.1. The molecule has 0 saturated carbocycles. The van der Waals surface area contributed by atoms with E-state index in [1.54, 1.807) is 36.3 Å². The fourth-order valence-electron chi connectivity index (χ4n) is 3.13. The summed E-state index contributed by atoms with van der Waals surface area (Å²) in [6, 6.07) is 6.59. The summed E-state index contributed by atoms with van der Waals surface area (Å²) in [6.07, 6.45) is 4.60. The topological polar surface area (TPSA) is 75.6 Å². The maximum atomic E-state index is 12.9. The molecule has 2 aromatic rings. The zero-order chi connectivity index (χ0) is 19.4. The Balaban J connectivity index is 1.80. The van der Waals surface area contributed by atoms with Crippen molar-refractivity contribution in [1.29, 1.82) is 0 Å². The van der Waals surface area contributed by atoms with Gasteiger partial charge in [0.25, 0.3) is 0 Å². The molecule has 0 unspecified atom stereocenters. The lowest BCUT2D eigenvalue weighted by Gasteiger charge is -2.22. The van der Waals surface area contributed by atoms with Crippen molar-refractivity contribution in [3.05, 3.63) is 47.2 Å². The SMILES string of the molecule is CCC[C@H]1CN(c2ncc(Cl)cn2)C(=O)N1CC(=O)c1cccc(OC)c1. The van der Waals surface area contributed by atoms with E-state index < -0.39 is 0 Å². The van der Waals surface area contributed by atoms with Crippen molar-refractivity contribution in [3.8, 4) is 5.75 Å². The first-order chi connectivity index (χ1) is 13.0. The van der Waals surface area contributed by atoms with Crippen LogP contribution in [-0.4, -0.2) is 52.9 Å². The first kappa shape index (κ1) is 19.1. The van der Waals surface area contributed by atoms with Gasteiger partial charge in [-0.1, -0.05) is 37.1 Å². The lowest BCUT2D eigenvalue weighted by molar-refractivity contribution is 0.0935. The number of nitrogens with zero attached hydrogens (tertiary/aromatic N) is 4. The third kappa shape index (κ3) is 4.19. The molecule has 0 spiro atoms. The summed E-state index contributed by atoms with van der Waals surface area (Å²) >= 11 is 5.83. The van der Waals surface area contributed by atoms with Crippen LogP contribution in [0.5, 0.6) is 5.75 Å². The average Bonchev–Trinajstić information content (AvgIpc) is 2.98. The molecule has 0 radical (unpaired) electrons. The highest BCUT2D eigenvalue weighted by Gasteiger charge is 2.39. The van der Waals surface area contributed by atoms with E-state index in [1.165, 1.54) is 17.3 Å². The van der Waals surface area contributed by atoms with E-state index in [4.69, 9.17) is 16.3 Å². The number of hydrogen-bond acceptors (Lipinski definition) is 5. The molecule has 0 N–H and O–H groups in total. The van der Waals surface area contributed by atoms with Gasteiger partial charge in [0.1, 0.15) is 5.75 Å². The minimum absolute atomic E-state index is 0.000751. The van der Waals surface area contributed by atoms with Crippen molar-refractivity contribution in [2.24, 2.45) is 0 Å². The molecular formula is C19H21ClN4O3. The highest BCUT2D eigenvalue weighted by Crippen LogP contribution is 2.24. The highest BCUT2D eigenvalue weighted by molar-refractivity contribution is 6.30. The molecule has 1 fully saturated rings. The second-order valence-electron chi connectivity index (χ2n) is 6.32. The van der Waals surface area contributed by atoms with Gasteiger partial charge in [-0.3, -0.25) is 9.69 Å². The molecular weight excluding hydrogens is 368 g/mol. The van der Waals surface area contributed by atoms with Crippen molar-refractivity contribution in [2.75, 3.05) is 25.1 Å².